The van der Waals surface area contributed by atoms with Gasteiger partial charge < -0.3 is 5.32 Å². The second-order valence-electron chi connectivity index (χ2n) is 6.47. The highest BCUT2D eigenvalue weighted by molar-refractivity contribution is 7.89. The molecule has 0 fully saturated rings. The van der Waals surface area contributed by atoms with Gasteiger partial charge in [0.25, 0.3) is 0 Å². The van der Waals surface area contributed by atoms with Gasteiger partial charge in [0.05, 0.1) is 11.4 Å². The van der Waals surface area contributed by atoms with Crippen LogP contribution in [0.3, 0.4) is 0 Å². The molecule has 1 amide bonds. The number of carbonyl (C=O) groups is 1. The van der Waals surface area contributed by atoms with E-state index >= 15 is 0 Å². The summed E-state index contributed by atoms with van der Waals surface area (Å²) >= 11 is 0. The Morgan fingerprint density at radius 1 is 0.963 bits per heavy atom. The number of nitrogens with zero attached hydrogens (tertiary/aromatic N) is 1. The number of amides is 1. The van der Waals surface area contributed by atoms with Gasteiger partial charge in [-0.05, 0) is 41.0 Å². The number of likely N-dealkylation sites (N-methyl/N-ethyl adjacent to an activating group) is 1. The minimum absolute atomic E-state index is 0.176. The van der Waals surface area contributed by atoms with Gasteiger partial charge in [-0.3, -0.25) is 4.79 Å². The maximum Gasteiger partial charge on any atom is 0.243 e. The van der Waals surface area contributed by atoms with Crippen LogP contribution in [0.2, 0.25) is 0 Å². The molecule has 140 valence electrons. The van der Waals surface area contributed by atoms with Gasteiger partial charge in [-0.2, -0.15) is 4.31 Å². The van der Waals surface area contributed by atoms with Crippen molar-refractivity contribution in [2.45, 2.75) is 18.4 Å². The van der Waals surface area contributed by atoms with E-state index in [0.29, 0.717) is 6.54 Å². The molecule has 3 aromatic carbocycles. The van der Waals surface area contributed by atoms with Gasteiger partial charge in [-0.1, -0.05) is 54.6 Å². The second kappa shape index (κ2) is 7.90. The lowest BCUT2D eigenvalue weighted by molar-refractivity contribution is -0.121. The quantitative estimate of drug-likeness (QED) is 0.712. The van der Waals surface area contributed by atoms with Crippen molar-refractivity contribution in [3.63, 3.8) is 0 Å². The van der Waals surface area contributed by atoms with Crippen LogP contribution in [0.5, 0.6) is 0 Å². The highest BCUT2D eigenvalue weighted by atomic mass is 32.2. The number of fused-ring (bicyclic) bond motifs is 1. The van der Waals surface area contributed by atoms with E-state index in [2.05, 4.69) is 5.32 Å². The van der Waals surface area contributed by atoms with Gasteiger partial charge in [0.1, 0.15) is 0 Å². The molecule has 0 aromatic heterocycles. The largest absolute Gasteiger partial charge is 0.351 e. The van der Waals surface area contributed by atoms with Crippen LogP contribution >= 0.6 is 0 Å². The first-order chi connectivity index (χ1) is 12.9. The second-order valence-corrected chi connectivity index (χ2v) is 8.52. The number of sulfonamides is 1. The number of carbonyl (C=O) groups excluding carboxylic acids is 1. The predicted octanol–water partition coefficient (Wildman–Crippen LogP) is 3.09. The first kappa shape index (κ1) is 19.1. The van der Waals surface area contributed by atoms with Crippen molar-refractivity contribution in [1.29, 1.82) is 0 Å². The molecule has 0 unspecified atom stereocenters. The Balaban J connectivity index is 1.69. The number of benzene rings is 3. The Bertz CT molecular complexity index is 1080. The van der Waals surface area contributed by atoms with Gasteiger partial charge in [-0.15, -0.1) is 0 Å². The number of rotatable bonds is 6. The predicted molar refractivity (Wildman–Crippen MR) is 107 cm³/mol. The summed E-state index contributed by atoms with van der Waals surface area (Å²) in [5.74, 6) is -0.342. The van der Waals surface area contributed by atoms with E-state index in [4.69, 9.17) is 0 Å². The van der Waals surface area contributed by atoms with Crippen molar-refractivity contribution in [3.8, 4) is 0 Å². The van der Waals surface area contributed by atoms with Crippen LogP contribution in [-0.2, 0) is 21.4 Å². The first-order valence-corrected chi connectivity index (χ1v) is 10.1. The topological polar surface area (TPSA) is 66.5 Å². The molecule has 5 nitrogen and oxygen atoms in total. The van der Waals surface area contributed by atoms with Crippen LogP contribution in [0.1, 0.15) is 11.1 Å². The highest BCUT2D eigenvalue weighted by Crippen LogP contribution is 2.21. The van der Waals surface area contributed by atoms with Crippen molar-refractivity contribution >= 4 is 26.7 Å². The Hall–Kier alpha value is -2.70. The summed E-state index contributed by atoms with van der Waals surface area (Å²) < 4.78 is 26.6. The molecule has 0 aliphatic carbocycles. The fourth-order valence-electron chi connectivity index (χ4n) is 2.85. The molecule has 0 heterocycles. The van der Waals surface area contributed by atoms with E-state index in [9.17, 15) is 13.2 Å². The third-order valence-corrected chi connectivity index (χ3v) is 6.33. The van der Waals surface area contributed by atoms with Crippen LogP contribution in [0.25, 0.3) is 10.8 Å². The first-order valence-electron chi connectivity index (χ1n) is 8.64. The maximum atomic E-state index is 12.8. The summed E-state index contributed by atoms with van der Waals surface area (Å²) in [6.07, 6.45) is 0. The summed E-state index contributed by atoms with van der Waals surface area (Å²) in [7, 11) is -2.33. The number of hydrogen-bond donors (Lipinski definition) is 1. The van der Waals surface area contributed by atoms with Gasteiger partial charge in [0, 0.05) is 13.6 Å². The molecule has 0 spiro atoms. The van der Waals surface area contributed by atoms with Crippen molar-refractivity contribution in [2.75, 3.05) is 13.6 Å². The summed E-state index contributed by atoms with van der Waals surface area (Å²) in [6.45, 7) is 2.11. The van der Waals surface area contributed by atoms with Crippen LogP contribution in [0.4, 0.5) is 0 Å². The fraction of sp³-hybridized carbons (Fsp3) is 0.190. The zero-order valence-electron chi connectivity index (χ0n) is 15.3. The molecule has 0 aliphatic rings. The Morgan fingerprint density at radius 2 is 1.63 bits per heavy atom. The molecule has 6 heteroatoms. The number of aryl methyl sites for hydroxylation is 1. The van der Waals surface area contributed by atoms with E-state index in [-0.39, 0.29) is 17.3 Å². The normalized spacial score (nSPS) is 11.7. The lowest BCUT2D eigenvalue weighted by atomic mass is 10.1. The summed E-state index contributed by atoms with van der Waals surface area (Å²) in [4.78, 5) is 12.4. The van der Waals surface area contributed by atoms with Crippen molar-refractivity contribution in [1.82, 2.24) is 9.62 Å². The average Bonchev–Trinajstić information content (AvgIpc) is 2.67. The molecule has 0 saturated heterocycles. The molecular weight excluding hydrogens is 360 g/mol. The summed E-state index contributed by atoms with van der Waals surface area (Å²) in [6, 6.07) is 20.3. The van der Waals surface area contributed by atoms with Crippen molar-refractivity contribution < 1.29 is 13.2 Å². The van der Waals surface area contributed by atoms with Crippen molar-refractivity contribution in [3.05, 3.63) is 77.9 Å². The highest BCUT2D eigenvalue weighted by Gasteiger charge is 2.23. The minimum atomic E-state index is -3.74. The minimum Gasteiger partial charge on any atom is -0.351 e. The Kier molecular flexibility index (Phi) is 5.58. The third kappa shape index (κ3) is 4.35. The molecule has 0 saturated carbocycles. The molecule has 0 radical (unpaired) electrons. The summed E-state index contributed by atoms with van der Waals surface area (Å²) in [5, 5.41) is 4.59. The molecule has 0 bridgehead atoms. The number of hydrogen-bond acceptors (Lipinski definition) is 3. The third-order valence-electron chi connectivity index (χ3n) is 4.53. The van der Waals surface area contributed by atoms with E-state index in [1.807, 2.05) is 55.5 Å². The maximum absolute atomic E-state index is 12.8. The van der Waals surface area contributed by atoms with Crippen molar-refractivity contribution in [2.24, 2.45) is 0 Å². The molecule has 1 N–H and O–H groups in total. The van der Waals surface area contributed by atoms with Gasteiger partial charge in [-0.25, -0.2) is 8.42 Å². The molecule has 3 rings (SSSR count). The zero-order valence-corrected chi connectivity index (χ0v) is 16.2. The average molecular weight is 382 g/mol. The molecule has 0 atom stereocenters. The molecule has 3 aromatic rings. The smallest absolute Gasteiger partial charge is 0.243 e. The standard InChI is InChI=1S/C21H22N2O3S/c1-16-7-3-4-10-19(16)14-22-21(24)15-23(2)27(25,26)20-12-11-17-8-5-6-9-18(17)13-20/h3-13H,14-15H2,1-2H3,(H,22,24). The summed E-state index contributed by atoms with van der Waals surface area (Å²) in [5.41, 5.74) is 2.08. The molecule has 0 aliphatic heterocycles. The van der Waals surface area contributed by atoms with Crippen LogP contribution in [-0.4, -0.2) is 32.2 Å². The Morgan fingerprint density at radius 3 is 2.37 bits per heavy atom. The van der Waals surface area contributed by atoms with Crippen LogP contribution in [0.15, 0.2) is 71.6 Å². The molecule has 27 heavy (non-hydrogen) atoms. The Labute approximate surface area is 159 Å². The molecular formula is C21H22N2O3S. The zero-order chi connectivity index (χ0) is 19.4. The van der Waals surface area contributed by atoms with Crippen LogP contribution < -0.4 is 5.32 Å². The van der Waals surface area contributed by atoms with E-state index in [0.717, 1.165) is 26.2 Å². The number of nitrogens with one attached hydrogen (secondary N) is 1. The van der Waals surface area contributed by atoms with E-state index in [1.54, 1.807) is 18.2 Å². The lowest BCUT2D eigenvalue weighted by Gasteiger charge is -2.17. The van der Waals surface area contributed by atoms with E-state index in [1.165, 1.54) is 7.05 Å². The van der Waals surface area contributed by atoms with Gasteiger partial charge >= 0.3 is 0 Å². The SMILES string of the molecule is Cc1ccccc1CNC(=O)CN(C)S(=O)(=O)c1ccc2ccccc2c1. The van der Waals surface area contributed by atoms with Gasteiger partial charge in [0.2, 0.25) is 15.9 Å². The lowest BCUT2D eigenvalue weighted by Crippen LogP contribution is -2.38. The van der Waals surface area contributed by atoms with Gasteiger partial charge in [0.15, 0.2) is 0 Å². The van der Waals surface area contributed by atoms with Crippen LogP contribution in [0, 0.1) is 6.92 Å². The monoisotopic (exact) mass is 382 g/mol. The van der Waals surface area contributed by atoms with E-state index < -0.39 is 10.0 Å². The fourth-order valence-corrected chi connectivity index (χ4v) is 4.02.